The first-order valence-corrected chi connectivity index (χ1v) is 5.33. The maximum Gasteiger partial charge on any atom is 0.131 e. The number of benzene rings is 1. The van der Waals surface area contributed by atoms with Crippen LogP contribution in [0, 0.1) is 0 Å². The lowest BCUT2D eigenvalue weighted by atomic mass is 9.96. The molecule has 1 fully saturated rings. The van der Waals surface area contributed by atoms with Crippen LogP contribution in [-0.2, 0) is 0 Å². The fraction of sp³-hybridized carbons (Fsp3) is 0.500. The molecule has 5 heteroatoms. The molecule has 4 nitrogen and oxygen atoms in total. The number of ether oxygens (including phenoxy) is 3. The summed E-state index contributed by atoms with van der Waals surface area (Å²) < 4.78 is 16.0. The van der Waals surface area contributed by atoms with Gasteiger partial charge >= 0.3 is 0 Å². The first-order valence-electron chi connectivity index (χ1n) is 5.33. The van der Waals surface area contributed by atoms with E-state index in [1.807, 2.05) is 12.1 Å². The first kappa shape index (κ1) is 13.9. The molecule has 1 saturated heterocycles. The van der Waals surface area contributed by atoms with E-state index in [-0.39, 0.29) is 12.4 Å². The molecule has 2 rings (SSSR count). The molecule has 1 N–H and O–H groups in total. The molecule has 0 amide bonds. The monoisotopic (exact) mass is 259 g/mol. The Morgan fingerprint density at radius 3 is 1.88 bits per heavy atom. The van der Waals surface area contributed by atoms with E-state index in [0.717, 1.165) is 35.8 Å². The Morgan fingerprint density at radius 2 is 1.59 bits per heavy atom. The summed E-state index contributed by atoms with van der Waals surface area (Å²) >= 11 is 0. The van der Waals surface area contributed by atoms with Crippen LogP contribution in [0.5, 0.6) is 17.2 Å². The number of nitrogens with one attached hydrogen (secondary N) is 1. The highest BCUT2D eigenvalue weighted by atomic mass is 35.5. The standard InChI is InChI=1S/C12H17NO3.ClH/c1-14-8-6-10(15-2)12(9-4-5-13-9)11(7-8)16-3;/h6-7,9,13H,4-5H2,1-3H3;1H/t9-;/m0./s1. The van der Waals surface area contributed by atoms with E-state index in [2.05, 4.69) is 5.32 Å². The van der Waals surface area contributed by atoms with E-state index in [4.69, 9.17) is 14.2 Å². The molecular formula is C12H18ClNO3. The zero-order valence-corrected chi connectivity index (χ0v) is 11.1. The van der Waals surface area contributed by atoms with Gasteiger partial charge in [0.2, 0.25) is 0 Å². The summed E-state index contributed by atoms with van der Waals surface area (Å²) in [5.41, 5.74) is 1.08. The largest absolute Gasteiger partial charge is 0.496 e. The molecule has 1 atom stereocenters. The molecule has 0 saturated carbocycles. The summed E-state index contributed by atoms with van der Waals surface area (Å²) in [5.74, 6) is 2.37. The second-order valence-corrected chi connectivity index (χ2v) is 3.74. The van der Waals surface area contributed by atoms with Gasteiger partial charge < -0.3 is 19.5 Å². The minimum Gasteiger partial charge on any atom is -0.496 e. The Hall–Kier alpha value is -1.13. The summed E-state index contributed by atoms with van der Waals surface area (Å²) in [6.07, 6.45) is 1.11. The van der Waals surface area contributed by atoms with Crippen molar-refractivity contribution < 1.29 is 14.2 Å². The third-order valence-corrected chi connectivity index (χ3v) is 2.93. The zero-order chi connectivity index (χ0) is 11.5. The lowest BCUT2D eigenvalue weighted by Gasteiger charge is -2.30. The van der Waals surface area contributed by atoms with Gasteiger partial charge in [0.05, 0.1) is 26.9 Å². The SMILES string of the molecule is COc1cc(OC)c([C@@H]2CCN2)c(OC)c1.Cl. The second-order valence-electron chi connectivity index (χ2n) is 3.74. The molecule has 0 bridgehead atoms. The van der Waals surface area contributed by atoms with E-state index in [9.17, 15) is 0 Å². The molecule has 0 aliphatic carbocycles. The van der Waals surface area contributed by atoms with Crippen molar-refractivity contribution in [2.45, 2.75) is 12.5 Å². The van der Waals surface area contributed by atoms with Crippen molar-refractivity contribution in [2.75, 3.05) is 27.9 Å². The molecule has 1 aromatic rings. The lowest BCUT2D eigenvalue weighted by molar-refractivity contribution is 0.325. The fourth-order valence-corrected chi connectivity index (χ4v) is 1.91. The van der Waals surface area contributed by atoms with Crippen molar-refractivity contribution in [1.82, 2.24) is 5.32 Å². The normalized spacial score (nSPS) is 17.7. The molecule has 1 aliphatic heterocycles. The summed E-state index contributed by atoms with van der Waals surface area (Å²) in [5, 5.41) is 3.35. The third-order valence-electron chi connectivity index (χ3n) is 2.93. The van der Waals surface area contributed by atoms with Gasteiger partial charge in [-0.1, -0.05) is 0 Å². The minimum atomic E-state index is 0. The molecule has 17 heavy (non-hydrogen) atoms. The van der Waals surface area contributed by atoms with Crippen molar-refractivity contribution in [3.05, 3.63) is 17.7 Å². The molecule has 0 unspecified atom stereocenters. The number of hydrogen-bond donors (Lipinski definition) is 1. The number of methoxy groups -OCH3 is 3. The van der Waals surface area contributed by atoms with Crippen molar-refractivity contribution in [3.8, 4) is 17.2 Å². The van der Waals surface area contributed by atoms with Crippen molar-refractivity contribution >= 4 is 12.4 Å². The Kier molecular flexibility index (Phi) is 4.90. The topological polar surface area (TPSA) is 39.7 Å². The average Bonchev–Trinajstić information content (AvgIpc) is 2.26. The van der Waals surface area contributed by atoms with E-state index >= 15 is 0 Å². The molecule has 0 aromatic heterocycles. The third kappa shape index (κ3) is 2.58. The number of halogens is 1. The van der Waals surface area contributed by atoms with Gasteiger partial charge in [-0.2, -0.15) is 0 Å². The molecule has 96 valence electrons. The minimum absolute atomic E-state index is 0. The van der Waals surface area contributed by atoms with E-state index in [1.165, 1.54) is 0 Å². The number of hydrogen-bond acceptors (Lipinski definition) is 4. The number of rotatable bonds is 4. The van der Waals surface area contributed by atoms with Crippen LogP contribution < -0.4 is 19.5 Å². The van der Waals surface area contributed by atoms with Gasteiger partial charge in [-0.15, -0.1) is 12.4 Å². The molecule has 1 aliphatic rings. The van der Waals surface area contributed by atoms with Crippen molar-refractivity contribution in [3.63, 3.8) is 0 Å². The molecule has 0 spiro atoms. The van der Waals surface area contributed by atoms with Crippen LogP contribution in [0.1, 0.15) is 18.0 Å². The van der Waals surface area contributed by atoms with Crippen LogP contribution in [0.3, 0.4) is 0 Å². The van der Waals surface area contributed by atoms with Crippen molar-refractivity contribution in [2.24, 2.45) is 0 Å². The van der Waals surface area contributed by atoms with Gasteiger partial charge in [0.1, 0.15) is 17.2 Å². The van der Waals surface area contributed by atoms with Crippen LogP contribution in [0.2, 0.25) is 0 Å². The summed E-state index contributed by atoms with van der Waals surface area (Å²) in [6, 6.07) is 4.10. The highest BCUT2D eigenvalue weighted by Crippen LogP contribution is 2.41. The van der Waals surface area contributed by atoms with E-state index < -0.39 is 0 Å². The highest BCUT2D eigenvalue weighted by Gasteiger charge is 2.26. The maximum atomic E-state index is 5.39. The maximum absolute atomic E-state index is 5.39. The summed E-state index contributed by atoms with van der Waals surface area (Å²) in [7, 11) is 4.96. The van der Waals surface area contributed by atoms with Crippen LogP contribution in [0.15, 0.2) is 12.1 Å². The molecular weight excluding hydrogens is 242 g/mol. The summed E-state index contributed by atoms with van der Waals surface area (Å²) in [6.45, 7) is 1.04. The Labute approximate surface area is 108 Å². The quantitative estimate of drug-likeness (QED) is 0.900. The van der Waals surface area contributed by atoms with E-state index in [1.54, 1.807) is 21.3 Å². The van der Waals surface area contributed by atoms with Gasteiger partial charge in [-0.3, -0.25) is 0 Å². The smallest absolute Gasteiger partial charge is 0.131 e. The fourth-order valence-electron chi connectivity index (χ4n) is 1.91. The predicted molar refractivity (Wildman–Crippen MR) is 68.7 cm³/mol. The Balaban J connectivity index is 0.00000144. The lowest BCUT2D eigenvalue weighted by Crippen LogP contribution is -2.35. The highest BCUT2D eigenvalue weighted by molar-refractivity contribution is 5.85. The average molecular weight is 260 g/mol. The first-order chi connectivity index (χ1) is 7.80. The second kappa shape index (κ2) is 5.98. The van der Waals surface area contributed by atoms with E-state index in [0.29, 0.717) is 6.04 Å². The van der Waals surface area contributed by atoms with Gasteiger partial charge in [0, 0.05) is 18.2 Å². The molecule has 1 heterocycles. The van der Waals surface area contributed by atoms with Gasteiger partial charge in [0.15, 0.2) is 0 Å². The molecule has 0 radical (unpaired) electrons. The van der Waals surface area contributed by atoms with Gasteiger partial charge in [-0.05, 0) is 13.0 Å². The molecule has 1 aromatic carbocycles. The Morgan fingerprint density at radius 1 is 1.06 bits per heavy atom. The van der Waals surface area contributed by atoms with Crippen LogP contribution in [0.25, 0.3) is 0 Å². The van der Waals surface area contributed by atoms with Crippen LogP contribution in [-0.4, -0.2) is 27.9 Å². The summed E-state index contributed by atoms with van der Waals surface area (Å²) in [4.78, 5) is 0. The zero-order valence-electron chi connectivity index (χ0n) is 10.3. The van der Waals surface area contributed by atoms with Crippen LogP contribution >= 0.6 is 12.4 Å². The van der Waals surface area contributed by atoms with Gasteiger partial charge in [0.25, 0.3) is 0 Å². The Bertz CT molecular complexity index is 355. The predicted octanol–water partition coefficient (Wildman–Crippen LogP) is 2.17. The van der Waals surface area contributed by atoms with Gasteiger partial charge in [-0.25, -0.2) is 0 Å². The van der Waals surface area contributed by atoms with Crippen molar-refractivity contribution in [1.29, 1.82) is 0 Å². The van der Waals surface area contributed by atoms with Crippen LogP contribution in [0.4, 0.5) is 0 Å².